The molecule has 3 heterocycles. The van der Waals surface area contributed by atoms with Gasteiger partial charge in [-0.25, -0.2) is 9.97 Å². The van der Waals surface area contributed by atoms with Crippen LogP contribution >= 0.6 is 0 Å². The fraction of sp³-hybridized carbons (Fsp3) is 0. The van der Waals surface area contributed by atoms with Crippen LogP contribution in [0.3, 0.4) is 0 Å². The molecule has 0 saturated heterocycles. The molecule has 270 valence electrons. The summed E-state index contributed by atoms with van der Waals surface area (Å²) < 4.78 is 4.71. The monoisotopic (exact) mass is 739 g/mol. The second-order valence-electron chi connectivity index (χ2n) is 14.5. The molecule has 0 aliphatic heterocycles. The third-order valence-electron chi connectivity index (χ3n) is 11.2. The van der Waals surface area contributed by atoms with E-state index in [1.165, 1.54) is 32.6 Å². The molecule has 0 N–H and O–H groups in total. The van der Waals surface area contributed by atoms with Gasteiger partial charge in [0.1, 0.15) is 0 Å². The lowest BCUT2D eigenvalue weighted by atomic mass is 9.96. The highest BCUT2D eigenvalue weighted by Gasteiger charge is 2.17. The van der Waals surface area contributed by atoms with Crippen molar-refractivity contribution >= 4 is 43.6 Å². The van der Waals surface area contributed by atoms with Crippen LogP contribution in [0.2, 0.25) is 0 Å². The van der Waals surface area contributed by atoms with E-state index >= 15 is 0 Å². The van der Waals surface area contributed by atoms with E-state index in [1.54, 1.807) is 0 Å². The zero-order valence-electron chi connectivity index (χ0n) is 31.3. The first-order valence-corrected chi connectivity index (χ1v) is 19.4. The maximum Gasteiger partial charge on any atom is 0.160 e. The molecule has 8 aromatic carbocycles. The SMILES string of the molecule is N#Cc1cc(-c2cc(-c3ccccc3)nc(-c3ccccc3)n2)ccc1-c1ccc(-n2c3ccccc3c3cc(-n4c5ccccc5c5ccccc54)ccc32)cc1. The van der Waals surface area contributed by atoms with E-state index in [2.05, 4.69) is 149 Å². The Morgan fingerprint density at radius 2 is 0.845 bits per heavy atom. The summed E-state index contributed by atoms with van der Waals surface area (Å²) in [5, 5.41) is 15.4. The van der Waals surface area contributed by atoms with Crippen LogP contribution in [-0.2, 0) is 0 Å². The van der Waals surface area contributed by atoms with Crippen LogP contribution < -0.4 is 0 Å². The summed E-state index contributed by atoms with van der Waals surface area (Å²) in [4.78, 5) is 9.92. The predicted molar refractivity (Wildman–Crippen MR) is 237 cm³/mol. The second-order valence-corrected chi connectivity index (χ2v) is 14.5. The first-order chi connectivity index (χ1) is 28.7. The molecule has 0 saturated carbocycles. The van der Waals surface area contributed by atoms with Crippen molar-refractivity contribution in [2.45, 2.75) is 0 Å². The molecule has 0 fully saturated rings. The van der Waals surface area contributed by atoms with Crippen molar-refractivity contribution in [1.82, 2.24) is 19.1 Å². The minimum Gasteiger partial charge on any atom is -0.309 e. The third kappa shape index (κ3) is 5.47. The second kappa shape index (κ2) is 13.6. The highest BCUT2D eigenvalue weighted by molar-refractivity contribution is 6.12. The topological polar surface area (TPSA) is 59.4 Å². The highest BCUT2D eigenvalue weighted by Crippen LogP contribution is 2.38. The lowest BCUT2D eigenvalue weighted by Gasteiger charge is -2.12. The Hall–Kier alpha value is -8.07. The van der Waals surface area contributed by atoms with E-state index < -0.39 is 0 Å². The lowest BCUT2D eigenvalue weighted by Crippen LogP contribution is -1.97. The van der Waals surface area contributed by atoms with Crippen molar-refractivity contribution in [3.05, 3.63) is 206 Å². The van der Waals surface area contributed by atoms with Gasteiger partial charge >= 0.3 is 0 Å². The zero-order valence-corrected chi connectivity index (χ0v) is 31.3. The maximum absolute atomic E-state index is 10.5. The zero-order chi connectivity index (χ0) is 38.6. The molecule has 0 unspecified atom stereocenters. The van der Waals surface area contributed by atoms with Gasteiger partial charge in [0.05, 0.1) is 45.1 Å². The number of hydrogen-bond acceptors (Lipinski definition) is 3. The molecule has 5 nitrogen and oxygen atoms in total. The number of hydrogen-bond donors (Lipinski definition) is 0. The van der Waals surface area contributed by atoms with Crippen molar-refractivity contribution in [2.75, 3.05) is 0 Å². The summed E-state index contributed by atoms with van der Waals surface area (Å²) in [7, 11) is 0. The molecule has 11 aromatic rings. The molecule has 0 spiro atoms. The van der Waals surface area contributed by atoms with Gasteiger partial charge in [-0.2, -0.15) is 5.26 Å². The van der Waals surface area contributed by atoms with E-state index in [4.69, 9.17) is 9.97 Å². The van der Waals surface area contributed by atoms with Gasteiger partial charge in [-0.15, -0.1) is 0 Å². The standard InChI is InChI=1S/C53H33N5/c54-34-39-31-38(48-33-47(36-13-3-1-4-14-36)55-53(56-48)37-15-5-2-6-16-37)25-29-42(39)35-23-26-40(27-24-35)57-51-22-12-9-19-45(51)46-32-41(28-30-52(46)57)58-49-20-10-7-17-43(49)44-18-8-11-21-50(44)58/h1-33H. The normalized spacial score (nSPS) is 11.4. The van der Waals surface area contributed by atoms with Crippen molar-refractivity contribution < 1.29 is 0 Å². The smallest absolute Gasteiger partial charge is 0.160 e. The highest BCUT2D eigenvalue weighted by atomic mass is 15.0. The van der Waals surface area contributed by atoms with E-state index in [1.807, 2.05) is 66.7 Å². The lowest BCUT2D eigenvalue weighted by molar-refractivity contribution is 1.17. The number of rotatable bonds is 6. The molecule has 0 aliphatic rings. The van der Waals surface area contributed by atoms with Gasteiger partial charge in [-0.05, 0) is 71.8 Å². The summed E-state index contributed by atoms with van der Waals surface area (Å²) >= 11 is 0. The minimum absolute atomic E-state index is 0.584. The first kappa shape index (κ1) is 33.3. The minimum atomic E-state index is 0.584. The number of aromatic nitrogens is 4. The van der Waals surface area contributed by atoms with Crippen molar-refractivity contribution in [3.8, 4) is 62.5 Å². The third-order valence-corrected chi connectivity index (χ3v) is 11.2. The van der Waals surface area contributed by atoms with Crippen molar-refractivity contribution in [3.63, 3.8) is 0 Å². The van der Waals surface area contributed by atoms with Crippen LogP contribution in [0.25, 0.3) is 100 Å². The van der Waals surface area contributed by atoms with E-state index in [-0.39, 0.29) is 0 Å². The van der Waals surface area contributed by atoms with Crippen LogP contribution in [0, 0.1) is 11.3 Å². The van der Waals surface area contributed by atoms with Crippen LogP contribution in [0.1, 0.15) is 5.56 Å². The van der Waals surface area contributed by atoms with Gasteiger partial charge in [-0.3, -0.25) is 0 Å². The summed E-state index contributed by atoms with van der Waals surface area (Å²) in [5.74, 6) is 0.642. The van der Waals surface area contributed by atoms with Crippen LogP contribution in [0.5, 0.6) is 0 Å². The Morgan fingerprint density at radius 1 is 0.362 bits per heavy atom. The van der Waals surface area contributed by atoms with Gasteiger partial charge < -0.3 is 9.13 Å². The van der Waals surface area contributed by atoms with Gasteiger partial charge in [0.15, 0.2) is 5.82 Å². The molecule has 0 radical (unpaired) electrons. The molecule has 11 rings (SSSR count). The first-order valence-electron chi connectivity index (χ1n) is 19.4. The Labute approximate surface area is 335 Å². The fourth-order valence-electron chi connectivity index (χ4n) is 8.48. The number of benzene rings is 8. The average molecular weight is 740 g/mol. The summed E-state index contributed by atoms with van der Waals surface area (Å²) in [6.45, 7) is 0. The Balaban J connectivity index is 0.981. The van der Waals surface area contributed by atoms with Gasteiger partial charge in [0.2, 0.25) is 0 Å². The van der Waals surface area contributed by atoms with Crippen LogP contribution in [0.4, 0.5) is 0 Å². The van der Waals surface area contributed by atoms with E-state index in [0.717, 1.165) is 61.6 Å². The molecule has 5 heteroatoms. The largest absolute Gasteiger partial charge is 0.309 e. The van der Waals surface area contributed by atoms with Crippen LogP contribution in [0.15, 0.2) is 200 Å². The maximum atomic E-state index is 10.5. The van der Waals surface area contributed by atoms with Crippen LogP contribution in [-0.4, -0.2) is 19.1 Å². The molecule has 0 amide bonds. The van der Waals surface area contributed by atoms with E-state index in [9.17, 15) is 5.26 Å². The van der Waals surface area contributed by atoms with Gasteiger partial charge in [0.25, 0.3) is 0 Å². The molecule has 0 aliphatic carbocycles. The van der Waals surface area contributed by atoms with E-state index in [0.29, 0.717) is 11.4 Å². The Morgan fingerprint density at radius 3 is 1.47 bits per heavy atom. The number of nitriles is 1. The molecular weight excluding hydrogens is 707 g/mol. The fourth-order valence-corrected chi connectivity index (χ4v) is 8.48. The van der Waals surface area contributed by atoms with Gasteiger partial charge in [-0.1, -0.05) is 140 Å². The van der Waals surface area contributed by atoms with Crippen molar-refractivity contribution in [2.24, 2.45) is 0 Å². The quantitative estimate of drug-likeness (QED) is 0.171. The summed E-state index contributed by atoms with van der Waals surface area (Å²) in [6.07, 6.45) is 0. The molecular formula is C53H33N5. The number of para-hydroxylation sites is 3. The van der Waals surface area contributed by atoms with Crippen molar-refractivity contribution in [1.29, 1.82) is 5.26 Å². The molecule has 3 aromatic heterocycles. The molecule has 0 bridgehead atoms. The summed E-state index contributed by atoms with van der Waals surface area (Å²) in [6, 6.07) is 71.9. The average Bonchev–Trinajstić information content (AvgIpc) is 3.82. The number of fused-ring (bicyclic) bond motifs is 6. The molecule has 0 atom stereocenters. The predicted octanol–water partition coefficient (Wildman–Crippen LogP) is 13.2. The Bertz CT molecular complexity index is 3280. The summed E-state index contributed by atoms with van der Waals surface area (Å²) in [5.41, 5.74) is 13.7. The number of nitrogens with zero attached hydrogens (tertiary/aromatic N) is 5. The molecule has 58 heavy (non-hydrogen) atoms. The Kier molecular flexibility index (Phi) is 7.80. The van der Waals surface area contributed by atoms with Gasteiger partial charge in [0, 0.05) is 49.6 Å².